The van der Waals surface area contributed by atoms with Crippen molar-refractivity contribution in [1.82, 2.24) is 4.98 Å². The van der Waals surface area contributed by atoms with Gasteiger partial charge in [-0.15, -0.1) is 0 Å². The van der Waals surface area contributed by atoms with Crippen molar-refractivity contribution in [2.24, 2.45) is 5.92 Å². The van der Waals surface area contributed by atoms with Crippen LogP contribution < -0.4 is 19.7 Å². The van der Waals surface area contributed by atoms with E-state index >= 15 is 0 Å². The number of aromatic nitrogens is 1. The maximum absolute atomic E-state index is 13.5. The number of piperidine rings is 1. The molecule has 3 aromatic rings. The summed E-state index contributed by atoms with van der Waals surface area (Å²) in [7, 11) is 3.11. The Balaban J connectivity index is 1.74. The number of nitro groups is 1. The molecule has 1 aliphatic rings. The van der Waals surface area contributed by atoms with Gasteiger partial charge < -0.3 is 19.7 Å². The molecule has 2 amide bonds. The van der Waals surface area contributed by atoms with E-state index in [1.54, 1.807) is 55.5 Å². The number of nitrogens with zero attached hydrogens (tertiary/aromatic N) is 3. The second-order valence-corrected chi connectivity index (χ2v) is 7.96. The average Bonchev–Trinajstić information content (AvgIpc) is 2.88. The van der Waals surface area contributed by atoms with Crippen LogP contribution in [0, 0.1) is 16.0 Å². The van der Waals surface area contributed by atoms with Gasteiger partial charge in [0.2, 0.25) is 11.8 Å². The van der Waals surface area contributed by atoms with Gasteiger partial charge in [-0.2, -0.15) is 0 Å². The molecule has 4 rings (SSSR count). The van der Waals surface area contributed by atoms with Crippen molar-refractivity contribution < 1.29 is 24.0 Å². The number of pyridine rings is 1. The standard InChI is InChI=1S/C25H24N4O6/c1-34-18-7-3-16(4-8-18)24-20(25(31)27-21-13-14-26-15-22(21)29(32)33)11-12-23(30)28(24)17-5-9-19(35-2)10-6-17/h3-10,13-15,20,24H,11-12H2,1-2H3,(H,26,27,31). The number of carbonyl (C=O) groups excluding carboxylic acids is 2. The van der Waals surface area contributed by atoms with E-state index in [-0.39, 0.29) is 30.1 Å². The number of rotatable bonds is 7. The van der Waals surface area contributed by atoms with Crippen LogP contribution in [0.2, 0.25) is 0 Å². The van der Waals surface area contributed by atoms with Crippen LogP contribution in [-0.4, -0.2) is 35.9 Å². The van der Waals surface area contributed by atoms with E-state index in [2.05, 4.69) is 10.3 Å². The zero-order chi connectivity index (χ0) is 24.9. The molecule has 10 heteroatoms. The lowest BCUT2D eigenvalue weighted by molar-refractivity contribution is -0.384. The molecular formula is C25H24N4O6. The first-order valence-electron chi connectivity index (χ1n) is 10.9. The van der Waals surface area contributed by atoms with Crippen LogP contribution in [0.15, 0.2) is 67.0 Å². The molecule has 0 radical (unpaired) electrons. The number of amides is 2. The van der Waals surface area contributed by atoms with Crippen molar-refractivity contribution >= 4 is 28.9 Å². The van der Waals surface area contributed by atoms with Gasteiger partial charge in [-0.25, -0.2) is 0 Å². The highest BCUT2D eigenvalue weighted by Crippen LogP contribution is 2.41. The summed E-state index contributed by atoms with van der Waals surface area (Å²) < 4.78 is 10.5. The molecule has 35 heavy (non-hydrogen) atoms. The topological polar surface area (TPSA) is 124 Å². The van der Waals surface area contributed by atoms with Crippen LogP contribution in [0.1, 0.15) is 24.4 Å². The molecule has 0 spiro atoms. The summed E-state index contributed by atoms with van der Waals surface area (Å²) in [6.07, 6.45) is 2.89. The van der Waals surface area contributed by atoms with Gasteiger partial charge in [0, 0.05) is 18.3 Å². The second kappa shape index (κ2) is 10.2. The molecule has 0 aliphatic carbocycles. The van der Waals surface area contributed by atoms with Crippen molar-refractivity contribution in [3.05, 3.63) is 82.7 Å². The number of anilines is 2. The van der Waals surface area contributed by atoms with Gasteiger partial charge in [-0.05, 0) is 54.4 Å². The maximum atomic E-state index is 13.5. The summed E-state index contributed by atoms with van der Waals surface area (Å²) in [6.45, 7) is 0. The monoisotopic (exact) mass is 476 g/mol. The molecule has 2 unspecified atom stereocenters. The normalized spacial score (nSPS) is 17.5. The first-order chi connectivity index (χ1) is 16.9. The lowest BCUT2D eigenvalue weighted by atomic mass is 9.83. The molecule has 2 heterocycles. The highest BCUT2D eigenvalue weighted by atomic mass is 16.6. The third-order valence-electron chi connectivity index (χ3n) is 6.00. The fraction of sp³-hybridized carbons (Fsp3) is 0.240. The summed E-state index contributed by atoms with van der Waals surface area (Å²) in [6, 6.07) is 14.9. The molecule has 10 nitrogen and oxygen atoms in total. The number of methoxy groups -OCH3 is 2. The summed E-state index contributed by atoms with van der Waals surface area (Å²) in [4.78, 5) is 42.8. The number of carbonyl (C=O) groups is 2. The predicted molar refractivity (Wildman–Crippen MR) is 128 cm³/mol. The Kier molecular flexibility index (Phi) is 6.91. The lowest BCUT2D eigenvalue weighted by Gasteiger charge is -2.41. The van der Waals surface area contributed by atoms with E-state index in [0.717, 1.165) is 11.8 Å². The maximum Gasteiger partial charge on any atom is 0.310 e. The molecule has 0 saturated carbocycles. The minimum Gasteiger partial charge on any atom is -0.497 e. The Morgan fingerprint density at radius 3 is 2.29 bits per heavy atom. The number of hydrogen-bond donors (Lipinski definition) is 1. The quantitative estimate of drug-likeness (QED) is 0.402. The molecule has 180 valence electrons. The minimum absolute atomic E-state index is 0.0522. The molecule has 1 N–H and O–H groups in total. The first-order valence-corrected chi connectivity index (χ1v) is 10.9. The van der Waals surface area contributed by atoms with Gasteiger partial charge in [-0.1, -0.05) is 12.1 Å². The van der Waals surface area contributed by atoms with Crippen LogP contribution in [0.5, 0.6) is 11.5 Å². The zero-order valence-corrected chi connectivity index (χ0v) is 19.2. The number of nitrogens with one attached hydrogen (secondary N) is 1. The van der Waals surface area contributed by atoms with Crippen molar-refractivity contribution in [3.8, 4) is 11.5 Å². The van der Waals surface area contributed by atoms with Gasteiger partial charge >= 0.3 is 5.69 Å². The number of benzene rings is 2. The van der Waals surface area contributed by atoms with Crippen molar-refractivity contribution in [3.63, 3.8) is 0 Å². The molecule has 0 bridgehead atoms. The third-order valence-corrected chi connectivity index (χ3v) is 6.00. The highest BCUT2D eigenvalue weighted by molar-refractivity contribution is 6.01. The summed E-state index contributed by atoms with van der Waals surface area (Å²) in [5, 5.41) is 14.1. The van der Waals surface area contributed by atoms with Gasteiger partial charge in [0.25, 0.3) is 0 Å². The molecule has 1 aromatic heterocycles. The number of hydrogen-bond acceptors (Lipinski definition) is 7. The summed E-state index contributed by atoms with van der Waals surface area (Å²) in [5.74, 6) is 0.0517. The van der Waals surface area contributed by atoms with E-state index in [0.29, 0.717) is 17.2 Å². The Morgan fingerprint density at radius 1 is 1.06 bits per heavy atom. The largest absolute Gasteiger partial charge is 0.497 e. The zero-order valence-electron chi connectivity index (χ0n) is 19.2. The van der Waals surface area contributed by atoms with E-state index < -0.39 is 22.8 Å². The summed E-state index contributed by atoms with van der Waals surface area (Å²) in [5.41, 5.74) is 1.10. The summed E-state index contributed by atoms with van der Waals surface area (Å²) >= 11 is 0. The van der Waals surface area contributed by atoms with E-state index in [9.17, 15) is 19.7 Å². The van der Waals surface area contributed by atoms with Crippen LogP contribution >= 0.6 is 0 Å². The Morgan fingerprint density at radius 2 is 1.69 bits per heavy atom. The van der Waals surface area contributed by atoms with Gasteiger partial charge in [0.15, 0.2) is 0 Å². The van der Waals surface area contributed by atoms with Gasteiger partial charge in [-0.3, -0.25) is 24.7 Å². The SMILES string of the molecule is COc1ccc(C2C(C(=O)Nc3ccncc3[N+](=O)[O-])CCC(=O)N2c2ccc(OC)cc2)cc1. The van der Waals surface area contributed by atoms with Crippen LogP contribution in [0.3, 0.4) is 0 Å². The Hall–Kier alpha value is -4.47. The van der Waals surface area contributed by atoms with Crippen LogP contribution in [-0.2, 0) is 9.59 Å². The Labute approximate surface area is 201 Å². The van der Waals surface area contributed by atoms with Gasteiger partial charge in [0.05, 0.1) is 31.1 Å². The highest BCUT2D eigenvalue weighted by Gasteiger charge is 2.42. The van der Waals surface area contributed by atoms with Crippen molar-refractivity contribution in [2.45, 2.75) is 18.9 Å². The first kappa shape index (κ1) is 23.7. The van der Waals surface area contributed by atoms with Crippen LogP contribution in [0.25, 0.3) is 0 Å². The molecule has 1 fully saturated rings. The van der Waals surface area contributed by atoms with Crippen LogP contribution in [0.4, 0.5) is 17.1 Å². The van der Waals surface area contributed by atoms with Crippen molar-refractivity contribution in [2.75, 3.05) is 24.4 Å². The van der Waals surface area contributed by atoms with Crippen molar-refractivity contribution in [1.29, 1.82) is 0 Å². The molecule has 2 atom stereocenters. The fourth-order valence-electron chi connectivity index (χ4n) is 4.26. The molecule has 1 aliphatic heterocycles. The smallest absolute Gasteiger partial charge is 0.310 e. The van der Waals surface area contributed by atoms with E-state index in [4.69, 9.17) is 9.47 Å². The Bertz CT molecular complexity index is 1230. The minimum atomic E-state index is -0.670. The average molecular weight is 476 g/mol. The predicted octanol–water partition coefficient (Wildman–Crippen LogP) is 4.13. The fourth-order valence-corrected chi connectivity index (χ4v) is 4.26. The molecular weight excluding hydrogens is 452 g/mol. The van der Waals surface area contributed by atoms with E-state index in [1.807, 2.05) is 12.1 Å². The third kappa shape index (κ3) is 4.91. The van der Waals surface area contributed by atoms with Gasteiger partial charge in [0.1, 0.15) is 23.4 Å². The number of ether oxygens (including phenoxy) is 2. The van der Waals surface area contributed by atoms with E-state index in [1.165, 1.54) is 12.3 Å². The second-order valence-electron chi connectivity index (χ2n) is 7.96. The molecule has 2 aromatic carbocycles. The molecule has 1 saturated heterocycles. The lowest BCUT2D eigenvalue weighted by Crippen LogP contribution is -2.47.